The van der Waals surface area contributed by atoms with Gasteiger partial charge in [-0.1, -0.05) is 6.92 Å². The van der Waals surface area contributed by atoms with Gasteiger partial charge in [0.2, 0.25) is 5.91 Å². The summed E-state index contributed by atoms with van der Waals surface area (Å²) in [5.74, 6) is 1.03. The average molecular weight is 330 g/mol. The van der Waals surface area contributed by atoms with E-state index >= 15 is 0 Å². The fourth-order valence-corrected chi connectivity index (χ4v) is 3.78. The summed E-state index contributed by atoms with van der Waals surface area (Å²) in [7, 11) is 0. The van der Waals surface area contributed by atoms with E-state index in [1.165, 1.54) is 9.75 Å². The summed E-state index contributed by atoms with van der Waals surface area (Å²) >= 11 is 1.78. The summed E-state index contributed by atoms with van der Waals surface area (Å²) < 4.78 is 0. The van der Waals surface area contributed by atoms with Crippen molar-refractivity contribution >= 4 is 23.1 Å². The molecule has 0 aromatic carbocycles. The van der Waals surface area contributed by atoms with Crippen molar-refractivity contribution < 1.29 is 4.79 Å². The number of aryl methyl sites for hydroxylation is 1. The van der Waals surface area contributed by atoms with Crippen LogP contribution in [0, 0.1) is 5.92 Å². The molecule has 1 saturated heterocycles. The number of nitrogens with zero attached hydrogens (tertiary/aromatic N) is 3. The summed E-state index contributed by atoms with van der Waals surface area (Å²) in [4.78, 5) is 25.6. The van der Waals surface area contributed by atoms with Gasteiger partial charge in [0.15, 0.2) is 0 Å². The van der Waals surface area contributed by atoms with E-state index in [1.54, 1.807) is 29.9 Å². The molecular weight excluding hydrogens is 308 g/mol. The van der Waals surface area contributed by atoms with E-state index in [9.17, 15) is 4.79 Å². The van der Waals surface area contributed by atoms with E-state index in [-0.39, 0.29) is 11.8 Å². The van der Waals surface area contributed by atoms with Crippen LogP contribution >= 0.6 is 11.3 Å². The maximum absolute atomic E-state index is 12.5. The number of aromatic nitrogens is 2. The lowest BCUT2D eigenvalue weighted by molar-refractivity contribution is -0.125. The molecule has 0 unspecified atom stereocenters. The standard InChI is InChI=1S/C17H22N4OS/c1-2-14-5-6-15(23-14)10-20-17(22)13-4-3-9-21(12-13)16-11-18-7-8-19-16/h5-8,11,13H,2-4,9-10,12H2,1H3,(H,20,22)/t13-/m0/s1. The van der Waals surface area contributed by atoms with E-state index in [2.05, 4.69) is 39.2 Å². The lowest BCUT2D eigenvalue weighted by atomic mass is 9.97. The number of amides is 1. The van der Waals surface area contributed by atoms with Crippen molar-refractivity contribution in [2.24, 2.45) is 5.92 Å². The number of anilines is 1. The molecule has 0 spiro atoms. The Bertz CT molecular complexity index is 643. The first kappa shape index (κ1) is 15.9. The fraction of sp³-hybridized carbons (Fsp3) is 0.471. The fourth-order valence-electron chi connectivity index (χ4n) is 2.88. The molecule has 23 heavy (non-hydrogen) atoms. The van der Waals surface area contributed by atoms with Crippen molar-refractivity contribution in [3.63, 3.8) is 0 Å². The van der Waals surface area contributed by atoms with Crippen molar-refractivity contribution in [1.29, 1.82) is 0 Å². The van der Waals surface area contributed by atoms with Gasteiger partial charge in [-0.25, -0.2) is 4.98 Å². The van der Waals surface area contributed by atoms with E-state index < -0.39 is 0 Å². The van der Waals surface area contributed by atoms with Gasteiger partial charge >= 0.3 is 0 Å². The predicted molar refractivity (Wildman–Crippen MR) is 92.5 cm³/mol. The number of carbonyl (C=O) groups excluding carboxylic acids is 1. The zero-order valence-corrected chi connectivity index (χ0v) is 14.2. The van der Waals surface area contributed by atoms with Gasteiger partial charge in [-0.2, -0.15) is 0 Å². The molecule has 1 fully saturated rings. The lowest BCUT2D eigenvalue weighted by Crippen LogP contribution is -2.43. The Hall–Kier alpha value is -1.95. The maximum atomic E-state index is 12.5. The smallest absolute Gasteiger partial charge is 0.225 e. The Kier molecular flexibility index (Phi) is 5.23. The van der Waals surface area contributed by atoms with Crippen LogP contribution in [0.4, 0.5) is 5.82 Å². The minimum atomic E-state index is 0.0244. The molecule has 122 valence electrons. The number of carbonyl (C=O) groups is 1. The Morgan fingerprint density at radius 1 is 1.39 bits per heavy atom. The molecule has 0 saturated carbocycles. The summed E-state index contributed by atoms with van der Waals surface area (Å²) in [6.45, 7) is 4.44. The molecule has 3 heterocycles. The van der Waals surface area contributed by atoms with Crippen LogP contribution < -0.4 is 10.2 Å². The van der Waals surface area contributed by atoms with Crippen LogP contribution in [0.5, 0.6) is 0 Å². The van der Waals surface area contributed by atoms with Crippen LogP contribution in [0.2, 0.25) is 0 Å². The number of thiophene rings is 1. The third kappa shape index (κ3) is 4.07. The third-order valence-electron chi connectivity index (χ3n) is 4.17. The second kappa shape index (κ2) is 7.55. The minimum Gasteiger partial charge on any atom is -0.355 e. The third-order valence-corrected chi connectivity index (χ3v) is 5.40. The second-order valence-corrected chi connectivity index (χ2v) is 7.04. The number of nitrogens with one attached hydrogen (secondary N) is 1. The molecule has 1 amide bonds. The minimum absolute atomic E-state index is 0.0244. The highest BCUT2D eigenvalue weighted by molar-refractivity contribution is 7.11. The summed E-state index contributed by atoms with van der Waals surface area (Å²) in [6.07, 6.45) is 8.12. The van der Waals surface area contributed by atoms with E-state index in [0.717, 1.165) is 38.2 Å². The topological polar surface area (TPSA) is 58.1 Å². The molecule has 6 heteroatoms. The molecular formula is C17H22N4OS. The van der Waals surface area contributed by atoms with Crippen LogP contribution in [-0.2, 0) is 17.8 Å². The van der Waals surface area contributed by atoms with E-state index in [1.807, 2.05) is 0 Å². The first-order valence-corrected chi connectivity index (χ1v) is 8.94. The van der Waals surface area contributed by atoms with Gasteiger partial charge in [0.05, 0.1) is 18.7 Å². The van der Waals surface area contributed by atoms with Gasteiger partial charge in [0.1, 0.15) is 5.82 Å². The van der Waals surface area contributed by atoms with Crippen molar-refractivity contribution in [2.45, 2.75) is 32.7 Å². The monoisotopic (exact) mass is 330 g/mol. The normalized spacial score (nSPS) is 18.0. The Morgan fingerprint density at radius 3 is 3.00 bits per heavy atom. The van der Waals surface area contributed by atoms with Crippen LogP contribution in [0.3, 0.4) is 0 Å². The highest BCUT2D eigenvalue weighted by Gasteiger charge is 2.26. The van der Waals surface area contributed by atoms with Crippen molar-refractivity contribution in [1.82, 2.24) is 15.3 Å². The molecule has 3 rings (SSSR count). The SMILES string of the molecule is CCc1ccc(CNC(=O)[C@H]2CCCN(c3cnccn3)C2)s1. The van der Waals surface area contributed by atoms with Gasteiger partial charge in [0, 0.05) is 35.2 Å². The van der Waals surface area contributed by atoms with Gasteiger partial charge in [-0.3, -0.25) is 9.78 Å². The zero-order chi connectivity index (χ0) is 16.1. The highest BCUT2D eigenvalue weighted by Crippen LogP contribution is 2.21. The molecule has 0 radical (unpaired) electrons. The zero-order valence-electron chi connectivity index (χ0n) is 13.4. The Balaban J connectivity index is 1.54. The number of hydrogen-bond donors (Lipinski definition) is 1. The highest BCUT2D eigenvalue weighted by atomic mass is 32.1. The molecule has 1 aliphatic heterocycles. The first-order chi connectivity index (χ1) is 11.3. The van der Waals surface area contributed by atoms with Crippen LogP contribution in [0.1, 0.15) is 29.5 Å². The Morgan fingerprint density at radius 2 is 2.26 bits per heavy atom. The molecule has 2 aromatic heterocycles. The largest absolute Gasteiger partial charge is 0.355 e. The van der Waals surface area contributed by atoms with Crippen LogP contribution in [0.15, 0.2) is 30.7 Å². The average Bonchev–Trinajstić information content (AvgIpc) is 3.09. The second-order valence-electron chi connectivity index (χ2n) is 5.79. The molecule has 0 aliphatic carbocycles. The molecule has 1 N–H and O–H groups in total. The maximum Gasteiger partial charge on any atom is 0.225 e. The van der Waals surface area contributed by atoms with Crippen molar-refractivity contribution in [2.75, 3.05) is 18.0 Å². The quantitative estimate of drug-likeness (QED) is 0.915. The molecule has 1 aliphatic rings. The Labute approximate surface area is 140 Å². The van der Waals surface area contributed by atoms with E-state index in [0.29, 0.717) is 6.54 Å². The number of rotatable bonds is 5. The van der Waals surface area contributed by atoms with Gasteiger partial charge in [-0.15, -0.1) is 11.3 Å². The predicted octanol–water partition coefficient (Wildman–Crippen LogP) is 2.63. The first-order valence-electron chi connectivity index (χ1n) is 8.12. The lowest BCUT2D eigenvalue weighted by Gasteiger charge is -2.32. The summed E-state index contributed by atoms with van der Waals surface area (Å²) in [6, 6.07) is 4.25. The summed E-state index contributed by atoms with van der Waals surface area (Å²) in [5, 5.41) is 3.09. The van der Waals surface area contributed by atoms with E-state index in [4.69, 9.17) is 0 Å². The molecule has 5 nitrogen and oxygen atoms in total. The van der Waals surface area contributed by atoms with Crippen LogP contribution in [-0.4, -0.2) is 29.0 Å². The summed E-state index contributed by atoms with van der Waals surface area (Å²) in [5.41, 5.74) is 0. The van der Waals surface area contributed by atoms with Crippen LogP contribution in [0.25, 0.3) is 0 Å². The number of hydrogen-bond acceptors (Lipinski definition) is 5. The molecule has 2 aromatic rings. The van der Waals surface area contributed by atoms with Gasteiger partial charge in [-0.05, 0) is 31.4 Å². The number of piperidine rings is 1. The molecule has 0 bridgehead atoms. The van der Waals surface area contributed by atoms with Crippen molar-refractivity contribution in [3.8, 4) is 0 Å². The van der Waals surface area contributed by atoms with Gasteiger partial charge < -0.3 is 10.2 Å². The van der Waals surface area contributed by atoms with Crippen molar-refractivity contribution in [3.05, 3.63) is 40.5 Å². The van der Waals surface area contributed by atoms with Gasteiger partial charge in [0.25, 0.3) is 0 Å². The molecule has 1 atom stereocenters.